The van der Waals surface area contributed by atoms with E-state index in [0.717, 1.165) is 28.6 Å². The molecule has 28 heavy (non-hydrogen) atoms. The van der Waals surface area contributed by atoms with Gasteiger partial charge in [0.25, 0.3) is 0 Å². The predicted octanol–water partition coefficient (Wildman–Crippen LogP) is 5.30. The van der Waals surface area contributed by atoms with Crippen molar-refractivity contribution in [3.8, 4) is 5.75 Å². The minimum Gasteiger partial charge on any atom is -0.490 e. The number of carbonyl (C=O) groups excluding carboxylic acids is 2. The number of hydrogen-bond acceptors (Lipinski definition) is 3. The Morgan fingerprint density at radius 1 is 1.07 bits per heavy atom. The zero-order chi connectivity index (χ0) is 19.9. The van der Waals surface area contributed by atoms with Gasteiger partial charge in [-0.05, 0) is 68.0 Å². The second-order valence-electron chi connectivity index (χ2n) is 7.09. The van der Waals surface area contributed by atoms with Gasteiger partial charge in [-0.3, -0.25) is 9.59 Å². The van der Waals surface area contributed by atoms with Gasteiger partial charge in [-0.2, -0.15) is 0 Å². The molecule has 2 aromatic carbocycles. The van der Waals surface area contributed by atoms with Gasteiger partial charge in [0.05, 0.1) is 17.5 Å². The number of ether oxygens (including phenoxy) is 1. The van der Waals surface area contributed by atoms with E-state index in [1.165, 1.54) is 19.8 Å². The van der Waals surface area contributed by atoms with Crippen LogP contribution in [0.15, 0.2) is 46.9 Å². The molecule has 0 atom stereocenters. The largest absolute Gasteiger partial charge is 0.490 e. The quantitative estimate of drug-likeness (QED) is 0.608. The molecule has 2 N–H and O–H groups in total. The Labute approximate surface area is 174 Å². The number of aryl methyl sites for hydroxylation is 1. The van der Waals surface area contributed by atoms with Gasteiger partial charge >= 0.3 is 0 Å². The van der Waals surface area contributed by atoms with Crippen molar-refractivity contribution in [3.05, 3.63) is 52.5 Å². The maximum atomic E-state index is 12.4. The molecule has 1 fully saturated rings. The summed E-state index contributed by atoms with van der Waals surface area (Å²) >= 11 is 3.39. The molecule has 0 bridgehead atoms. The zero-order valence-corrected chi connectivity index (χ0v) is 17.6. The fraction of sp³-hybridized carbons (Fsp3) is 0.364. The number of rotatable bonds is 7. The second-order valence-corrected chi connectivity index (χ2v) is 8.01. The van der Waals surface area contributed by atoms with Crippen LogP contribution in [0.3, 0.4) is 0 Å². The highest BCUT2D eigenvalue weighted by molar-refractivity contribution is 9.10. The molecule has 1 aliphatic carbocycles. The Morgan fingerprint density at radius 3 is 2.61 bits per heavy atom. The summed E-state index contributed by atoms with van der Waals surface area (Å²) in [5, 5.41) is 5.62. The molecule has 0 heterocycles. The first kappa shape index (κ1) is 20.4. The molecule has 1 aliphatic rings. The van der Waals surface area contributed by atoms with E-state index in [1.54, 1.807) is 12.1 Å². The number of hydrogen-bond donors (Lipinski definition) is 2. The van der Waals surface area contributed by atoms with Gasteiger partial charge < -0.3 is 15.4 Å². The molecule has 5 nitrogen and oxygen atoms in total. The van der Waals surface area contributed by atoms with Crippen LogP contribution in [-0.4, -0.2) is 17.9 Å². The van der Waals surface area contributed by atoms with E-state index in [9.17, 15) is 9.59 Å². The van der Waals surface area contributed by atoms with E-state index < -0.39 is 0 Å². The van der Waals surface area contributed by atoms with E-state index in [4.69, 9.17) is 4.74 Å². The third-order valence-electron chi connectivity index (χ3n) is 4.71. The first-order valence-corrected chi connectivity index (χ1v) is 10.4. The maximum Gasteiger partial charge on any atom is 0.224 e. The van der Waals surface area contributed by atoms with Crippen molar-refractivity contribution in [2.24, 2.45) is 0 Å². The number of carbonyl (C=O) groups is 2. The van der Waals surface area contributed by atoms with Gasteiger partial charge in [-0.25, -0.2) is 0 Å². The van der Waals surface area contributed by atoms with Crippen molar-refractivity contribution >= 4 is 39.1 Å². The average molecular weight is 445 g/mol. The summed E-state index contributed by atoms with van der Waals surface area (Å²) < 4.78 is 6.87. The van der Waals surface area contributed by atoms with Crippen LogP contribution < -0.4 is 15.4 Å². The molecule has 0 spiro atoms. The molecular formula is C22H25BrN2O3. The first-order valence-electron chi connectivity index (χ1n) is 9.62. The van der Waals surface area contributed by atoms with Gasteiger partial charge in [-0.1, -0.05) is 28.1 Å². The van der Waals surface area contributed by atoms with E-state index in [-0.39, 0.29) is 11.8 Å². The SMILES string of the molecule is CC(=O)Nc1ccc(Br)cc1NC(=O)CCc1cccc(OC2CCCC2)c1. The number of nitrogens with one attached hydrogen (secondary N) is 2. The third kappa shape index (κ3) is 6.09. The van der Waals surface area contributed by atoms with Crippen LogP contribution in [0.25, 0.3) is 0 Å². The molecule has 3 rings (SSSR count). The molecule has 2 amide bonds. The number of benzene rings is 2. The molecule has 0 aromatic heterocycles. The van der Waals surface area contributed by atoms with Crippen LogP contribution in [0.2, 0.25) is 0 Å². The van der Waals surface area contributed by atoms with Crippen LogP contribution in [0.5, 0.6) is 5.75 Å². The smallest absolute Gasteiger partial charge is 0.224 e. The van der Waals surface area contributed by atoms with Gasteiger partial charge in [0.2, 0.25) is 11.8 Å². The Hall–Kier alpha value is -2.34. The average Bonchev–Trinajstić information content (AvgIpc) is 3.15. The molecule has 148 valence electrons. The Bertz CT molecular complexity index is 847. The van der Waals surface area contributed by atoms with Gasteiger partial charge in [-0.15, -0.1) is 0 Å². The minimum absolute atomic E-state index is 0.105. The number of halogens is 1. The lowest BCUT2D eigenvalue weighted by Gasteiger charge is -2.14. The molecule has 0 unspecified atom stereocenters. The van der Waals surface area contributed by atoms with Crippen molar-refractivity contribution in [1.29, 1.82) is 0 Å². The van der Waals surface area contributed by atoms with Crippen molar-refractivity contribution in [1.82, 2.24) is 0 Å². The van der Waals surface area contributed by atoms with Gasteiger partial charge in [0.1, 0.15) is 5.75 Å². The molecular weight excluding hydrogens is 420 g/mol. The van der Waals surface area contributed by atoms with Crippen molar-refractivity contribution in [2.45, 2.75) is 51.6 Å². The summed E-state index contributed by atoms with van der Waals surface area (Å²) in [4.78, 5) is 23.8. The van der Waals surface area contributed by atoms with Crippen molar-refractivity contribution < 1.29 is 14.3 Å². The highest BCUT2D eigenvalue weighted by Gasteiger charge is 2.16. The summed E-state index contributed by atoms with van der Waals surface area (Å²) in [5.41, 5.74) is 2.23. The Balaban J connectivity index is 1.57. The predicted molar refractivity (Wildman–Crippen MR) is 115 cm³/mol. The maximum absolute atomic E-state index is 12.4. The fourth-order valence-electron chi connectivity index (χ4n) is 3.36. The van der Waals surface area contributed by atoms with Crippen LogP contribution in [0, 0.1) is 0 Å². The third-order valence-corrected chi connectivity index (χ3v) is 5.20. The van der Waals surface area contributed by atoms with E-state index >= 15 is 0 Å². The summed E-state index contributed by atoms with van der Waals surface area (Å²) in [6.07, 6.45) is 6.01. The Morgan fingerprint density at radius 2 is 1.86 bits per heavy atom. The lowest BCUT2D eigenvalue weighted by atomic mass is 10.1. The molecule has 6 heteroatoms. The second kappa shape index (κ2) is 9.73. The van der Waals surface area contributed by atoms with Crippen LogP contribution in [0.1, 0.15) is 44.6 Å². The molecule has 0 aliphatic heterocycles. The Kier molecular flexibility index (Phi) is 7.09. The molecule has 0 saturated heterocycles. The molecule has 2 aromatic rings. The lowest BCUT2D eigenvalue weighted by molar-refractivity contribution is -0.116. The minimum atomic E-state index is -0.183. The highest BCUT2D eigenvalue weighted by atomic mass is 79.9. The van der Waals surface area contributed by atoms with E-state index in [2.05, 4.69) is 26.6 Å². The summed E-state index contributed by atoms with van der Waals surface area (Å²) in [5.74, 6) is 0.591. The highest BCUT2D eigenvalue weighted by Crippen LogP contribution is 2.27. The van der Waals surface area contributed by atoms with E-state index in [0.29, 0.717) is 30.3 Å². The molecule has 1 saturated carbocycles. The number of anilines is 2. The monoisotopic (exact) mass is 444 g/mol. The van der Waals surface area contributed by atoms with Gasteiger partial charge in [0, 0.05) is 17.8 Å². The zero-order valence-electron chi connectivity index (χ0n) is 16.0. The first-order chi connectivity index (χ1) is 13.5. The normalized spacial score (nSPS) is 13.9. The standard InChI is InChI=1S/C22H25BrN2O3/c1-15(26)24-20-11-10-17(23)14-21(20)25-22(27)12-9-16-5-4-8-19(13-16)28-18-6-2-3-7-18/h4-5,8,10-11,13-14,18H,2-3,6-7,9,12H2,1H3,(H,24,26)(H,25,27). The summed E-state index contributed by atoms with van der Waals surface area (Å²) in [6, 6.07) is 13.3. The van der Waals surface area contributed by atoms with Crippen LogP contribution in [-0.2, 0) is 16.0 Å². The fourth-order valence-corrected chi connectivity index (χ4v) is 3.72. The van der Waals surface area contributed by atoms with Gasteiger partial charge in [0.15, 0.2) is 0 Å². The molecule has 0 radical (unpaired) electrons. The number of amides is 2. The van der Waals surface area contributed by atoms with Crippen molar-refractivity contribution in [2.75, 3.05) is 10.6 Å². The van der Waals surface area contributed by atoms with Crippen LogP contribution >= 0.6 is 15.9 Å². The summed E-state index contributed by atoms with van der Waals surface area (Å²) in [6.45, 7) is 1.44. The van der Waals surface area contributed by atoms with E-state index in [1.807, 2.05) is 30.3 Å². The van der Waals surface area contributed by atoms with Crippen molar-refractivity contribution in [3.63, 3.8) is 0 Å². The topological polar surface area (TPSA) is 67.4 Å². The summed E-state index contributed by atoms with van der Waals surface area (Å²) in [7, 11) is 0. The lowest BCUT2D eigenvalue weighted by Crippen LogP contribution is -2.15. The van der Waals surface area contributed by atoms with Crippen LogP contribution in [0.4, 0.5) is 11.4 Å².